The van der Waals surface area contributed by atoms with Gasteiger partial charge in [0.2, 0.25) is 0 Å². The highest BCUT2D eigenvalue weighted by Crippen LogP contribution is 2.09. The zero-order valence-electron chi connectivity index (χ0n) is 10.0. The topological polar surface area (TPSA) is 3.24 Å². The second kappa shape index (κ2) is 9.02. The van der Waals surface area contributed by atoms with E-state index in [4.69, 9.17) is 0 Å². The lowest BCUT2D eigenvalue weighted by Gasteiger charge is -2.23. The normalized spacial score (nSPS) is 14.8. The van der Waals surface area contributed by atoms with Crippen LogP contribution in [0.5, 0.6) is 0 Å². The Morgan fingerprint density at radius 2 is 1.93 bits per heavy atom. The molecule has 0 saturated carbocycles. The van der Waals surface area contributed by atoms with Crippen LogP contribution in [0.15, 0.2) is 23.9 Å². The molecule has 0 aromatic carbocycles. The lowest BCUT2D eigenvalue weighted by molar-refractivity contribution is 0.384. The Morgan fingerprint density at radius 1 is 1.20 bits per heavy atom. The van der Waals surface area contributed by atoms with Crippen molar-refractivity contribution in [1.82, 2.24) is 4.90 Å². The van der Waals surface area contributed by atoms with Crippen molar-refractivity contribution in [1.29, 1.82) is 0 Å². The highest BCUT2D eigenvalue weighted by Gasteiger charge is 2.02. The van der Waals surface area contributed by atoms with Gasteiger partial charge in [-0.2, -0.15) is 0 Å². The van der Waals surface area contributed by atoms with E-state index in [0.717, 1.165) is 6.54 Å². The van der Waals surface area contributed by atoms with E-state index in [0.29, 0.717) is 0 Å². The third-order valence-corrected chi connectivity index (χ3v) is 2.68. The maximum absolute atomic E-state index is 2.42. The van der Waals surface area contributed by atoms with Gasteiger partial charge < -0.3 is 4.90 Å². The summed E-state index contributed by atoms with van der Waals surface area (Å²) in [6, 6.07) is 0. The molecule has 0 fully saturated rings. The molecule has 0 spiro atoms. The van der Waals surface area contributed by atoms with Crippen molar-refractivity contribution in [3.63, 3.8) is 0 Å². The van der Waals surface area contributed by atoms with Crippen LogP contribution in [-0.4, -0.2) is 18.0 Å². The number of nitrogens with zero attached hydrogens (tertiary/aromatic N) is 1. The first-order valence-corrected chi connectivity index (χ1v) is 5.91. The lowest BCUT2D eigenvalue weighted by Crippen LogP contribution is -2.22. The van der Waals surface area contributed by atoms with Gasteiger partial charge in [-0.1, -0.05) is 44.3 Å². The maximum atomic E-state index is 2.42. The summed E-state index contributed by atoms with van der Waals surface area (Å²) in [5.74, 6) is 0. The Morgan fingerprint density at radius 3 is 2.60 bits per heavy atom. The molecule has 0 saturated heterocycles. The van der Waals surface area contributed by atoms with Crippen LogP contribution in [0.1, 0.15) is 46.0 Å². The summed E-state index contributed by atoms with van der Waals surface area (Å²) in [6.45, 7) is 6.82. The number of hydrogen-bond acceptors (Lipinski definition) is 1. The van der Waals surface area contributed by atoms with E-state index in [9.17, 15) is 0 Å². The summed E-state index contributed by atoms with van der Waals surface area (Å²) < 4.78 is 0. The van der Waals surface area contributed by atoms with Gasteiger partial charge in [-0.3, -0.25) is 0 Å². The van der Waals surface area contributed by atoms with Gasteiger partial charge in [-0.05, 0) is 25.6 Å². The van der Waals surface area contributed by atoms with Crippen LogP contribution in [0, 0.1) is 0 Å². The van der Waals surface area contributed by atoms with Crippen molar-refractivity contribution in [2.45, 2.75) is 46.0 Å². The lowest BCUT2D eigenvalue weighted by atomic mass is 10.1. The van der Waals surface area contributed by atoms with Gasteiger partial charge in [0.15, 0.2) is 0 Å². The molecule has 1 heterocycles. The molecule has 1 nitrogen and oxygen atoms in total. The SMILES string of the molecule is Br.CCCCCCCN1C=CC=C(C)C1. The molecule has 15 heavy (non-hydrogen) atoms. The minimum atomic E-state index is 0. The summed E-state index contributed by atoms with van der Waals surface area (Å²) in [4.78, 5) is 2.42. The summed E-state index contributed by atoms with van der Waals surface area (Å²) >= 11 is 0. The standard InChI is InChI=1S/C13H23N.BrH/c1-3-4-5-6-7-10-14-11-8-9-13(2)12-14;/h8-9,11H,3-7,10,12H2,1-2H3;1H. The van der Waals surface area contributed by atoms with E-state index < -0.39 is 0 Å². The van der Waals surface area contributed by atoms with E-state index in [2.05, 4.69) is 37.1 Å². The Kier molecular flexibility index (Phi) is 8.88. The smallest absolute Gasteiger partial charge is 0.0383 e. The molecule has 1 aliphatic rings. The van der Waals surface area contributed by atoms with E-state index in [1.807, 2.05) is 0 Å². The van der Waals surface area contributed by atoms with Crippen LogP contribution in [0.25, 0.3) is 0 Å². The van der Waals surface area contributed by atoms with E-state index in [1.54, 1.807) is 0 Å². The van der Waals surface area contributed by atoms with Crippen LogP contribution < -0.4 is 0 Å². The molecular weight excluding hydrogens is 250 g/mol. The Balaban J connectivity index is 0.00000196. The van der Waals surface area contributed by atoms with Crippen molar-refractivity contribution in [3.05, 3.63) is 23.9 Å². The molecule has 0 aromatic heterocycles. The zero-order valence-corrected chi connectivity index (χ0v) is 11.8. The number of allylic oxidation sites excluding steroid dienone is 2. The number of rotatable bonds is 6. The number of halogens is 1. The first kappa shape index (κ1) is 14.8. The number of unbranched alkanes of at least 4 members (excludes halogenated alkanes) is 4. The predicted octanol–water partition coefficient (Wildman–Crippen LogP) is 4.31. The average molecular weight is 274 g/mol. The highest BCUT2D eigenvalue weighted by molar-refractivity contribution is 8.93. The molecule has 1 rings (SSSR count). The van der Waals surface area contributed by atoms with Crippen molar-refractivity contribution in [3.8, 4) is 0 Å². The second-order valence-electron chi connectivity index (χ2n) is 4.24. The van der Waals surface area contributed by atoms with E-state index in [1.165, 1.54) is 44.2 Å². The van der Waals surface area contributed by atoms with Crippen LogP contribution in [0.2, 0.25) is 0 Å². The molecule has 0 aromatic rings. The molecule has 0 N–H and O–H groups in total. The Bertz CT molecular complexity index is 209. The van der Waals surface area contributed by atoms with Crippen molar-refractivity contribution in [2.24, 2.45) is 0 Å². The van der Waals surface area contributed by atoms with E-state index in [-0.39, 0.29) is 17.0 Å². The molecule has 0 aliphatic carbocycles. The summed E-state index contributed by atoms with van der Waals surface area (Å²) in [7, 11) is 0. The predicted molar refractivity (Wildman–Crippen MR) is 73.6 cm³/mol. The van der Waals surface area contributed by atoms with Gasteiger partial charge in [-0.15, -0.1) is 17.0 Å². The van der Waals surface area contributed by atoms with Crippen LogP contribution in [-0.2, 0) is 0 Å². The third-order valence-electron chi connectivity index (χ3n) is 2.68. The van der Waals surface area contributed by atoms with Crippen molar-refractivity contribution in [2.75, 3.05) is 13.1 Å². The Hall–Kier alpha value is -0.240. The van der Waals surface area contributed by atoms with E-state index >= 15 is 0 Å². The fraction of sp³-hybridized carbons (Fsp3) is 0.692. The highest BCUT2D eigenvalue weighted by atomic mass is 79.9. The largest absolute Gasteiger partial charge is 0.373 e. The average Bonchev–Trinajstić information content (AvgIpc) is 2.18. The zero-order chi connectivity index (χ0) is 10.2. The molecule has 0 amide bonds. The summed E-state index contributed by atoms with van der Waals surface area (Å²) in [6.07, 6.45) is 13.5. The summed E-state index contributed by atoms with van der Waals surface area (Å²) in [5, 5.41) is 0. The van der Waals surface area contributed by atoms with Gasteiger partial charge in [0, 0.05) is 13.1 Å². The van der Waals surface area contributed by atoms with Crippen LogP contribution in [0.3, 0.4) is 0 Å². The molecular formula is C13H24BrN. The molecule has 2 heteroatoms. The fourth-order valence-electron chi connectivity index (χ4n) is 1.83. The number of hydrogen-bond donors (Lipinski definition) is 0. The van der Waals surface area contributed by atoms with Gasteiger partial charge >= 0.3 is 0 Å². The maximum Gasteiger partial charge on any atom is 0.0383 e. The quantitative estimate of drug-likeness (QED) is 0.652. The van der Waals surface area contributed by atoms with Crippen molar-refractivity contribution >= 4 is 17.0 Å². The minimum absolute atomic E-state index is 0. The van der Waals surface area contributed by atoms with Crippen LogP contribution >= 0.6 is 17.0 Å². The van der Waals surface area contributed by atoms with Gasteiger partial charge in [0.25, 0.3) is 0 Å². The van der Waals surface area contributed by atoms with Crippen molar-refractivity contribution < 1.29 is 0 Å². The summed E-state index contributed by atoms with van der Waals surface area (Å²) in [5.41, 5.74) is 1.47. The molecule has 1 aliphatic heterocycles. The third kappa shape index (κ3) is 6.77. The first-order valence-electron chi connectivity index (χ1n) is 5.91. The van der Waals surface area contributed by atoms with Crippen LogP contribution in [0.4, 0.5) is 0 Å². The van der Waals surface area contributed by atoms with Gasteiger partial charge in [-0.25, -0.2) is 0 Å². The molecule has 0 unspecified atom stereocenters. The monoisotopic (exact) mass is 273 g/mol. The Labute approximate surface area is 105 Å². The molecule has 0 bridgehead atoms. The second-order valence-corrected chi connectivity index (χ2v) is 4.24. The molecule has 0 atom stereocenters. The molecule has 88 valence electrons. The minimum Gasteiger partial charge on any atom is -0.373 e. The molecule has 0 radical (unpaired) electrons. The van der Waals surface area contributed by atoms with Gasteiger partial charge in [0.1, 0.15) is 0 Å². The van der Waals surface area contributed by atoms with Gasteiger partial charge in [0.05, 0.1) is 0 Å². The fourth-order valence-corrected chi connectivity index (χ4v) is 1.83. The first-order chi connectivity index (χ1) is 6.83.